The van der Waals surface area contributed by atoms with Crippen LogP contribution in [0.5, 0.6) is 5.88 Å². The van der Waals surface area contributed by atoms with Gasteiger partial charge in [0.25, 0.3) is 0 Å². The monoisotopic (exact) mass is 328 g/mol. The molecule has 0 unspecified atom stereocenters. The molecule has 0 aliphatic carbocycles. The molecule has 2 aromatic heterocycles. The summed E-state index contributed by atoms with van der Waals surface area (Å²) in [5, 5.41) is 9.13. The van der Waals surface area contributed by atoms with Crippen LogP contribution in [0.1, 0.15) is 16.0 Å². The van der Waals surface area contributed by atoms with E-state index in [1.54, 1.807) is 31.3 Å². The smallest absolute Gasteiger partial charge is 0.250 e. The van der Waals surface area contributed by atoms with E-state index in [9.17, 15) is 8.42 Å². The predicted octanol–water partition coefficient (Wildman–Crippen LogP) is 1.43. The van der Waals surface area contributed by atoms with Crippen LogP contribution < -0.4 is 9.46 Å². The zero-order valence-electron chi connectivity index (χ0n) is 11.7. The molecular weight excluding hydrogens is 312 g/mol. The molecule has 8 heteroatoms. The minimum Gasteiger partial charge on any atom is -0.481 e. The molecule has 0 aliphatic rings. The molecule has 0 fully saturated rings. The van der Waals surface area contributed by atoms with Gasteiger partial charge in [-0.05, 0) is 24.1 Å². The van der Waals surface area contributed by atoms with Gasteiger partial charge in [0, 0.05) is 23.7 Å². The van der Waals surface area contributed by atoms with Gasteiger partial charge in [0.1, 0.15) is 4.21 Å². The van der Waals surface area contributed by atoms with Crippen molar-refractivity contribution < 1.29 is 18.3 Å². The Balaban J connectivity index is 2.09. The first-order chi connectivity index (χ1) is 9.96. The van der Waals surface area contributed by atoms with Crippen molar-refractivity contribution in [2.24, 2.45) is 0 Å². The summed E-state index contributed by atoms with van der Waals surface area (Å²) in [5.74, 6) is 0.475. The molecule has 2 heterocycles. The number of sulfonamides is 1. The van der Waals surface area contributed by atoms with Gasteiger partial charge in [-0.2, -0.15) is 0 Å². The Morgan fingerprint density at radius 3 is 2.71 bits per heavy atom. The predicted molar refractivity (Wildman–Crippen MR) is 79.8 cm³/mol. The van der Waals surface area contributed by atoms with E-state index in [0.717, 1.165) is 22.5 Å². The van der Waals surface area contributed by atoms with Gasteiger partial charge in [-0.25, -0.2) is 18.1 Å². The number of aliphatic hydroxyl groups excluding tert-OH is 1. The first-order valence-corrected chi connectivity index (χ1v) is 8.45. The van der Waals surface area contributed by atoms with Gasteiger partial charge >= 0.3 is 0 Å². The van der Waals surface area contributed by atoms with Gasteiger partial charge in [0.15, 0.2) is 0 Å². The highest BCUT2D eigenvalue weighted by Crippen LogP contribution is 2.25. The molecule has 0 atom stereocenters. The molecule has 0 amide bonds. The third-order valence-electron chi connectivity index (χ3n) is 2.88. The summed E-state index contributed by atoms with van der Waals surface area (Å²) in [6, 6.07) is 4.97. The molecule has 2 rings (SSSR count). The van der Waals surface area contributed by atoms with Crippen LogP contribution in [0.15, 0.2) is 28.6 Å². The fourth-order valence-corrected chi connectivity index (χ4v) is 4.18. The zero-order chi connectivity index (χ0) is 15.5. The lowest BCUT2D eigenvalue weighted by atomic mass is 10.3. The van der Waals surface area contributed by atoms with Crippen molar-refractivity contribution in [2.75, 3.05) is 7.11 Å². The third-order valence-corrected chi connectivity index (χ3v) is 5.98. The van der Waals surface area contributed by atoms with Gasteiger partial charge in [-0.3, -0.25) is 0 Å². The van der Waals surface area contributed by atoms with E-state index in [-0.39, 0.29) is 17.4 Å². The first kappa shape index (κ1) is 15.9. The molecule has 114 valence electrons. The Hall–Kier alpha value is -1.48. The lowest BCUT2D eigenvalue weighted by molar-refractivity contribution is 0.285. The van der Waals surface area contributed by atoms with Crippen LogP contribution >= 0.6 is 11.3 Å². The number of methoxy groups -OCH3 is 1. The van der Waals surface area contributed by atoms with Crippen LogP contribution in [0.2, 0.25) is 0 Å². The summed E-state index contributed by atoms with van der Waals surface area (Å²) in [5.41, 5.74) is 1.50. The quantitative estimate of drug-likeness (QED) is 0.837. The zero-order valence-corrected chi connectivity index (χ0v) is 13.3. The van der Waals surface area contributed by atoms with Crippen LogP contribution in [-0.2, 0) is 23.2 Å². The summed E-state index contributed by atoms with van der Waals surface area (Å²) in [6.07, 6.45) is 1.56. The Labute approximate surface area is 127 Å². The average molecular weight is 328 g/mol. The Morgan fingerprint density at radius 2 is 2.19 bits per heavy atom. The second-order valence-electron chi connectivity index (χ2n) is 4.36. The molecule has 0 aromatic carbocycles. The van der Waals surface area contributed by atoms with E-state index in [2.05, 4.69) is 9.71 Å². The van der Waals surface area contributed by atoms with Gasteiger partial charge < -0.3 is 9.84 Å². The van der Waals surface area contributed by atoms with E-state index in [0.29, 0.717) is 10.8 Å². The van der Waals surface area contributed by atoms with E-state index in [4.69, 9.17) is 9.84 Å². The van der Waals surface area contributed by atoms with E-state index in [1.807, 2.05) is 0 Å². The summed E-state index contributed by atoms with van der Waals surface area (Å²) < 4.78 is 32.0. The number of nitrogens with zero attached hydrogens (tertiary/aromatic N) is 1. The van der Waals surface area contributed by atoms with Crippen LogP contribution in [0, 0.1) is 6.92 Å². The molecule has 0 saturated carbocycles. The molecule has 0 aliphatic heterocycles. The molecule has 0 bridgehead atoms. The number of ether oxygens (including phenoxy) is 1. The molecule has 0 spiro atoms. The summed E-state index contributed by atoms with van der Waals surface area (Å²) in [4.78, 5) is 4.67. The second kappa shape index (κ2) is 6.52. The molecule has 0 saturated heterocycles. The summed E-state index contributed by atoms with van der Waals surface area (Å²) in [7, 11) is -2.07. The standard InChI is InChI=1S/C13H16N2O4S2/c1-9-5-13(20-11(9)8-16)21(17,18)15-7-10-3-4-12(19-2)14-6-10/h3-6,15-16H,7-8H2,1-2H3. The van der Waals surface area contributed by atoms with Gasteiger partial charge in [0.05, 0.1) is 13.7 Å². The fraction of sp³-hybridized carbons (Fsp3) is 0.308. The fourth-order valence-electron chi connectivity index (χ4n) is 1.66. The highest BCUT2D eigenvalue weighted by molar-refractivity contribution is 7.91. The van der Waals surface area contributed by atoms with Crippen LogP contribution in [-0.4, -0.2) is 25.6 Å². The Bertz CT molecular complexity index is 708. The number of pyridine rings is 1. The lowest BCUT2D eigenvalue weighted by Gasteiger charge is -2.05. The largest absolute Gasteiger partial charge is 0.481 e. The Morgan fingerprint density at radius 1 is 1.43 bits per heavy atom. The SMILES string of the molecule is COc1ccc(CNS(=O)(=O)c2cc(C)c(CO)s2)cn1. The second-order valence-corrected chi connectivity index (χ2v) is 7.49. The van der Waals surface area contributed by atoms with Crippen LogP contribution in [0.3, 0.4) is 0 Å². The van der Waals surface area contributed by atoms with Crippen molar-refractivity contribution in [3.63, 3.8) is 0 Å². The molecule has 0 radical (unpaired) electrons. The molecule has 2 aromatic rings. The van der Waals surface area contributed by atoms with E-state index < -0.39 is 10.0 Å². The van der Waals surface area contributed by atoms with Crippen molar-refractivity contribution in [1.29, 1.82) is 0 Å². The number of rotatable bonds is 6. The number of aliphatic hydroxyl groups is 1. The first-order valence-electron chi connectivity index (χ1n) is 6.15. The molecule has 6 nitrogen and oxygen atoms in total. The minimum atomic E-state index is -3.59. The minimum absolute atomic E-state index is 0.144. The van der Waals surface area contributed by atoms with E-state index >= 15 is 0 Å². The summed E-state index contributed by atoms with van der Waals surface area (Å²) in [6.45, 7) is 1.76. The lowest BCUT2D eigenvalue weighted by Crippen LogP contribution is -2.22. The highest BCUT2D eigenvalue weighted by atomic mass is 32.2. The number of aromatic nitrogens is 1. The topological polar surface area (TPSA) is 88.5 Å². The van der Waals surface area contributed by atoms with Crippen LogP contribution in [0.25, 0.3) is 0 Å². The van der Waals surface area contributed by atoms with Crippen molar-refractivity contribution in [3.8, 4) is 5.88 Å². The third kappa shape index (κ3) is 3.79. The van der Waals surface area contributed by atoms with Gasteiger partial charge in [-0.1, -0.05) is 6.07 Å². The highest BCUT2D eigenvalue weighted by Gasteiger charge is 2.18. The average Bonchev–Trinajstić information content (AvgIpc) is 2.88. The van der Waals surface area contributed by atoms with Crippen molar-refractivity contribution >= 4 is 21.4 Å². The van der Waals surface area contributed by atoms with Crippen molar-refractivity contribution in [3.05, 3.63) is 40.4 Å². The van der Waals surface area contributed by atoms with Crippen molar-refractivity contribution in [2.45, 2.75) is 24.3 Å². The molecule has 2 N–H and O–H groups in total. The molecule has 21 heavy (non-hydrogen) atoms. The number of aryl methyl sites for hydroxylation is 1. The number of hydrogen-bond donors (Lipinski definition) is 2. The van der Waals surface area contributed by atoms with Gasteiger partial charge in [0.2, 0.25) is 15.9 Å². The van der Waals surface area contributed by atoms with Crippen molar-refractivity contribution in [1.82, 2.24) is 9.71 Å². The molecular formula is C13H16N2O4S2. The van der Waals surface area contributed by atoms with Crippen LogP contribution in [0.4, 0.5) is 0 Å². The number of nitrogens with one attached hydrogen (secondary N) is 1. The Kier molecular flexibility index (Phi) is 4.94. The van der Waals surface area contributed by atoms with E-state index in [1.165, 1.54) is 7.11 Å². The maximum Gasteiger partial charge on any atom is 0.250 e. The van der Waals surface area contributed by atoms with Gasteiger partial charge in [-0.15, -0.1) is 11.3 Å². The number of thiophene rings is 1. The number of hydrogen-bond acceptors (Lipinski definition) is 6. The maximum atomic E-state index is 12.2. The summed E-state index contributed by atoms with van der Waals surface area (Å²) >= 11 is 1.07. The normalized spacial score (nSPS) is 11.6. The maximum absolute atomic E-state index is 12.2.